The number of carbonyl (C=O) groups is 5. The van der Waals surface area contributed by atoms with Gasteiger partial charge < -0.3 is 35.6 Å². The average molecular weight is 668 g/mol. The number of rotatable bonds is 13. The van der Waals surface area contributed by atoms with E-state index in [1.54, 1.807) is 20.8 Å². The van der Waals surface area contributed by atoms with Crippen LogP contribution in [0.2, 0.25) is 0 Å². The van der Waals surface area contributed by atoms with Gasteiger partial charge in [0.15, 0.2) is 11.3 Å². The fourth-order valence-electron chi connectivity index (χ4n) is 5.31. The minimum Gasteiger partial charge on any atom is -0.464 e. The predicted molar refractivity (Wildman–Crippen MR) is 180 cm³/mol. The minimum atomic E-state index is -1.05. The van der Waals surface area contributed by atoms with Crippen molar-refractivity contribution in [3.8, 4) is 11.5 Å². The summed E-state index contributed by atoms with van der Waals surface area (Å²) in [6.45, 7) is 15.4. The van der Waals surface area contributed by atoms with Gasteiger partial charge in [0.2, 0.25) is 11.3 Å². The van der Waals surface area contributed by atoms with Crippen LogP contribution >= 0.6 is 0 Å². The Morgan fingerprint density at radius 2 is 1.40 bits per heavy atom. The highest BCUT2D eigenvalue weighted by Gasteiger charge is 2.33. The lowest BCUT2D eigenvalue weighted by atomic mass is 9.98. The van der Waals surface area contributed by atoms with Gasteiger partial charge in [-0.2, -0.15) is 0 Å². The van der Waals surface area contributed by atoms with Gasteiger partial charge in [-0.05, 0) is 58.4 Å². The summed E-state index contributed by atoms with van der Waals surface area (Å²) >= 11 is 0. The molecule has 3 rings (SSSR count). The number of anilines is 2. The summed E-state index contributed by atoms with van der Waals surface area (Å²) in [7, 11) is 0. The average Bonchev–Trinajstić information content (AvgIpc) is 2.99. The van der Waals surface area contributed by atoms with Gasteiger partial charge in [0, 0.05) is 23.7 Å². The van der Waals surface area contributed by atoms with Gasteiger partial charge in [0.05, 0.1) is 30.0 Å². The van der Waals surface area contributed by atoms with Crippen molar-refractivity contribution in [3.05, 3.63) is 38.5 Å². The zero-order valence-corrected chi connectivity index (χ0v) is 28.9. The van der Waals surface area contributed by atoms with Crippen molar-refractivity contribution in [2.24, 2.45) is 11.8 Å². The van der Waals surface area contributed by atoms with E-state index in [9.17, 15) is 28.8 Å². The van der Waals surface area contributed by atoms with Gasteiger partial charge in [-0.15, -0.1) is 0 Å². The molecule has 260 valence electrons. The SMILES string of the molecule is CCOC(=O)[C@H](CC(C)C)NC(=O)c1cc(NC(C)=O)c(C)c2oc3c(C)c(=O)c(N)c(C(=O)N[C@H](CC(C)C)C(=O)OCC)c-3nc12. The Morgan fingerprint density at radius 3 is 1.88 bits per heavy atom. The zero-order valence-electron chi connectivity index (χ0n) is 28.9. The number of hydrogen-bond acceptors (Lipinski definition) is 11. The minimum absolute atomic E-state index is 0.00469. The second-order valence-corrected chi connectivity index (χ2v) is 12.4. The Morgan fingerprint density at radius 1 is 0.875 bits per heavy atom. The molecule has 0 unspecified atom stereocenters. The molecule has 14 heteroatoms. The lowest BCUT2D eigenvalue weighted by Gasteiger charge is -2.22. The molecule has 1 heterocycles. The number of hydrogen-bond donors (Lipinski definition) is 4. The van der Waals surface area contributed by atoms with E-state index in [1.807, 2.05) is 27.7 Å². The van der Waals surface area contributed by atoms with Crippen molar-refractivity contribution in [3.63, 3.8) is 0 Å². The molecule has 1 aromatic rings. The molecule has 0 spiro atoms. The van der Waals surface area contributed by atoms with E-state index >= 15 is 0 Å². The van der Waals surface area contributed by atoms with Crippen molar-refractivity contribution in [1.82, 2.24) is 15.6 Å². The Hall–Kier alpha value is -5.01. The number of nitrogen functional groups attached to an aromatic ring is 1. The second-order valence-electron chi connectivity index (χ2n) is 12.4. The largest absolute Gasteiger partial charge is 0.464 e. The highest BCUT2D eigenvalue weighted by Crippen LogP contribution is 2.37. The summed E-state index contributed by atoms with van der Waals surface area (Å²) in [6, 6.07) is -0.666. The standard InChI is InChI=1S/C34H45N5O9/c1-10-46-33(44)22(12-15(3)4)37-31(42)20-14-21(36-19(9)40)17(7)29-26(20)39-27-24(25(35)28(41)18(8)30(27)48-29)32(43)38-23(13-16(5)6)34(45)47-11-2/h14-16,22-23H,10-13,35H2,1-9H3,(H,36,40)(H,37,42)(H,38,43)/t22-,23+/m0/s1. The normalized spacial score (nSPS) is 12.6. The highest BCUT2D eigenvalue weighted by molar-refractivity contribution is 6.11. The van der Waals surface area contributed by atoms with E-state index in [1.165, 1.54) is 19.9 Å². The zero-order chi connectivity index (χ0) is 36.0. The topological polar surface area (TPSA) is 209 Å². The van der Waals surface area contributed by atoms with Crippen molar-refractivity contribution in [2.75, 3.05) is 24.3 Å². The first-order valence-electron chi connectivity index (χ1n) is 15.9. The number of fused-ring (bicyclic) bond motifs is 2. The third-order valence-corrected chi connectivity index (χ3v) is 7.53. The van der Waals surface area contributed by atoms with E-state index < -0.39 is 52.9 Å². The third kappa shape index (κ3) is 8.28. The summed E-state index contributed by atoms with van der Waals surface area (Å²) in [6.07, 6.45) is 0.519. The van der Waals surface area contributed by atoms with Crippen molar-refractivity contribution in [2.45, 2.75) is 87.2 Å². The molecule has 1 aromatic carbocycles. The molecular formula is C34H45N5O9. The van der Waals surface area contributed by atoms with Gasteiger partial charge in [-0.3, -0.25) is 19.2 Å². The number of amides is 3. The maximum atomic E-state index is 13.9. The van der Waals surface area contributed by atoms with Gasteiger partial charge in [0.25, 0.3) is 11.8 Å². The molecule has 2 atom stereocenters. The molecule has 3 amide bonds. The summed E-state index contributed by atoms with van der Waals surface area (Å²) in [5.41, 5.74) is 5.21. The van der Waals surface area contributed by atoms with Crippen molar-refractivity contribution in [1.29, 1.82) is 0 Å². The van der Waals surface area contributed by atoms with Crippen LogP contribution in [0.3, 0.4) is 0 Å². The van der Waals surface area contributed by atoms with Crippen LogP contribution in [0.1, 0.15) is 93.2 Å². The van der Waals surface area contributed by atoms with Gasteiger partial charge in [-0.1, -0.05) is 27.7 Å². The molecule has 48 heavy (non-hydrogen) atoms. The molecule has 0 saturated heterocycles. The first kappa shape index (κ1) is 37.4. The van der Waals surface area contributed by atoms with E-state index in [2.05, 4.69) is 20.9 Å². The number of nitrogens with zero attached hydrogens (tertiary/aromatic N) is 1. The number of esters is 2. The Labute approximate surface area is 278 Å². The lowest BCUT2D eigenvalue weighted by Crippen LogP contribution is -2.43. The number of nitrogens with one attached hydrogen (secondary N) is 3. The predicted octanol–water partition coefficient (Wildman–Crippen LogP) is 3.87. The molecule has 14 nitrogen and oxygen atoms in total. The van der Waals surface area contributed by atoms with Crippen molar-refractivity contribution >= 4 is 52.1 Å². The molecule has 0 saturated carbocycles. The van der Waals surface area contributed by atoms with E-state index in [0.29, 0.717) is 5.56 Å². The molecule has 0 fully saturated rings. The number of aromatic nitrogens is 1. The van der Waals surface area contributed by atoms with Crippen LogP contribution in [0, 0.1) is 25.7 Å². The number of benzene rings is 2. The van der Waals surface area contributed by atoms with E-state index in [0.717, 1.165) is 0 Å². The number of aryl methyl sites for hydroxylation is 1. The molecular weight excluding hydrogens is 622 g/mol. The maximum absolute atomic E-state index is 13.9. The third-order valence-electron chi connectivity index (χ3n) is 7.53. The number of nitrogens with two attached hydrogens (primary N) is 1. The first-order valence-corrected chi connectivity index (χ1v) is 15.9. The fourth-order valence-corrected chi connectivity index (χ4v) is 5.31. The summed E-state index contributed by atoms with van der Waals surface area (Å²) in [5, 5.41) is 8.02. The van der Waals surface area contributed by atoms with Crippen LogP contribution in [0.5, 0.6) is 0 Å². The van der Waals surface area contributed by atoms with Crippen LogP contribution < -0.4 is 27.1 Å². The Bertz CT molecular complexity index is 1760. The summed E-state index contributed by atoms with van der Waals surface area (Å²) in [4.78, 5) is 83.3. The van der Waals surface area contributed by atoms with Gasteiger partial charge in [-0.25, -0.2) is 14.6 Å². The van der Waals surface area contributed by atoms with Crippen LogP contribution in [0.25, 0.3) is 22.6 Å². The lowest BCUT2D eigenvalue weighted by molar-refractivity contribution is -0.146. The molecule has 1 aliphatic carbocycles. The van der Waals surface area contributed by atoms with Crippen LogP contribution in [-0.4, -0.2) is 59.9 Å². The molecule has 1 aliphatic heterocycles. The maximum Gasteiger partial charge on any atom is 0.328 e. The monoisotopic (exact) mass is 667 g/mol. The molecule has 0 radical (unpaired) electrons. The molecule has 0 bridgehead atoms. The van der Waals surface area contributed by atoms with Crippen LogP contribution in [-0.2, 0) is 23.9 Å². The Kier molecular flexibility index (Phi) is 12.3. The molecule has 5 N–H and O–H groups in total. The van der Waals surface area contributed by atoms with Gasteiger partial charge in [0.1, 0.15) is 23.3 Å². The van der Waals surface area contributed by atoms with E-state index in [-0.39, 0.29) is 82.8 Å². The van der Waals surface area contributed by atoms with Gasteiger partial charge >= 0.3 is 11.9 Å². The first-order chi connectivity index (χ1) is 22.5. The van der Waals surface area contributed by atoms with Crippen molar-refractivity contribution < 1.29 is 37.9 Å². The molecule has 2 aliphatic rings. The quantitative estimate of drug-likeness (QED) is 0.117. The summed E-state index contributed by atoms with van der Waals surface area (Å²) < 4.78 is 16.6. The number of carbonyl (C=O) groups excluding carboxylic acids is 5. The number of ether oxygens (including phenoxy) is 2. The smallest absolute Gasteiger partial charge is 0.328 e. The second kappa shape index (κ2) is 15.7. The Balaban J connectivity index is 2.35. The van der Waals surface area contributed by atoms with Crippen LogP contribution in [0.4, 0.5) is 11.4 Å². The van der Waals surface area contributed by atoms with E-state index in [4.69, 9.17) is 19.6 Å². The van der Waals surface area contributed by atoms with Crippen LogP contribution in [0.15, 0.2) is 15.3 Å². The molecule has 0 aromatic heterocycles. The highest BCUT2D eigenvalue weighted by atomic mass is 16.5. The fraction of sp³-hybridized carbons (Fsp3) is 0.500. The summed E-state index contributed by atoms with van der Waals surface area (Å²) in [5.74, 6) is -3.37.